The molecule has 2 aromatic carbocycles. The second-order valence-corrected chi connectivity index (χ2v) is 4.18. The Bertz CT molecular complexity index is 546. The van der Waals surface area contributed by atoms with Crippen LogP contribution in [0.5, 0.6) is 5.75 Å². The molecule has 0 saturated carbocycles. The first-order valence-electron chi connectivity index (χ1n) is 5.69. The predicted molar refractivity (Wildman–Crippen MR) is 65.0 cm³/mol. The van der Waals surface area contributed by atoms with Crippen LogP contribution in [0.4, 0.5) is 0 Å². The SMILES string of the molecule is O=C1C[C@H](c2ccccc2)c2ccccc2O1. The van der Waals surface area contributed by atoms with Crippen molar-refractivity contribution in [2.45, 2.75) is 12.3 Å². The van der Waals surface area contributed by atoms with Crippen molar-refractivity contribution >= 4 is 5.97 Å². The first-order chi connectivity index (χ1) is 8.34. The van der Waals surface area contributed by atoms with E-state index in [-0.39, 0.29) is 11.9 Å². The maximum atomic E-state index is 11.6. The highest BCUT2D eigenvalue weighted by Gasteiger charge is 2.27. The molecule has 0 radical (unpaired) electrons. The van der Waals surface area contributed by atoms with Gasteiger partial charge in [-0.15, -0.1) is 0 Å². The van der Waals surface area contributed by atoms with Crippen molar-refractivity contribution in [2.75, 3.05) is 0 Å². The maximum Gasteiger partial charge on any atom is 0.312 e. The number of rotatable bonds is 1. The van der Waals surface area contributed by atoms with Crippen LogP contribution in [0.3, 0.4) is 0 Å². The summed E-state index contributed by atoms with van der Waals surface area (Å²) < 4.78 is 5.24. The molecule has 0 aromatic heterocycles. The Hall–Kier alpha value is -2.09. The molecule has 1 aliphatic heterocycles. The lowest BCUT2D eigenvalue weighted by Gasteiger charge is -2.24. The van der Waals surface area contributed by atoms with Gasteiger partial charge in [0.2, 0.25) is 0 Å². The van der Waals surface area contributed by atoms with Gasteiger partial charge in [0.1, 0.15) is 5.75 Å². The van der Waals surface area contributed by atoms with E-state index < -0.39 is 0 Å². The fraction of sp³-hybridized carbons (Fsp3) is 0.133. The van der Waals surface area contributed by atoms with Crippen LogP contribution in [0.15, 0.2) is 54.6 Å². The molecule has 17 heavy (non-hydrogen) atoms. The Kier molecular flexibility index (Phi) is 2.41. The summed E-state index contributed by atoms with van der Waals surface area (Å²) >= 11 is 0. The first-order valence-corrected chi connectivity index (χ1v) is 5.69. The Morgan fingerprint density at radius 2 is 1.65 bits per heavy atom. The number of carbonyl (C=O) groups excluding carboxylic acids is 1. The maximum absolute atomic E-state index is 11.6. The molecule has 2 heteroatoms. The van der Waals surface area contributed by atoms with Gasteiger partial charge >= 0.3 is 5.97 Å². The number of ether oxygens (including phenoxy) is 1. The standard InChI is InChI=1S/C15H12O2/c16-15-10-13(11-6-2-1-3-7-11)12-8-4-5-9-14(12)17-15/h1-9,13H,10H2/t13-/m1/s1. The Morgan fingerprint density at radius 1 is 0.941 bits per heavy atom. The molecule has 1 atom stereocenters. The van der Waals surface area contributed by atoms with Crippen molar-refractivity contribution in [3.8, 4) is 5.75 Å². The molecule has 84 valence electrons. The van der Waals surface area contributed by atoms with Crippen molar-refractivity contribution in [2.24, 2.45) is 0 Å². The fourth-order valence-corrected chi connectivity index (χ4v) is 2.29. The molecule has 1 heterocycles. The van der Waals surface area contributed by atoms with Gasteiger partial charge < -0.3 is 4.74 Å². The van der Waals surface area contributed by atoms with E-state index in [2.05, 4.69) is 12.1 Å². The zero-order valence-electron chi connectivity index (χ0n) is 9.30. The van der Waals surface area contributed by atoms with E-state index in [9.17, 15) is 4.79 Å². The van der Waals surface area contributed by atoms with E-state index in [0.717, 1.165) is 11.1 Å². The van der Waals surface area contributed by atoms with Gasteiger partial charge in [-0.3, -0.25) is 4.79 Å². The lowest BCUT2D eigenvalue weighted by Crippen LogP contribution is -2.20. The molecule has 0 aliphatic carbocycles. The normalized spacial score (nSPS) is 18.4. The minimum absolute atomic E-state index is 0.119. The summed E-state index contributed by atoms with van der Waals surface area (Å²) in [5.74, 6) is 0.656. The summed E-state index contributed by atoms with van der Waals surface area (Å²) in [4.78, 5) is 11.6. The second kappa shape index (κ2) is 4.06. The van der Waals surface area contributed by atoms with E-state index >= 15 is 0 Å². The van der Waals surface area contributed by atoms with Gasteiger partial charge in [0.15, 0.2) is 0 Å². The molecule has 0 amide bonds. The van der Waals surface area contributed by atoms with Crippen molar-refractivity contribution in [3.05, 3.63) is 65.7 Å². The van der Waals surface area contributed by atoms with Crippen LogP contribution in [-0.2, 0) is 4.79 Å². The van der Waals surface area contributed by atoms with Crippen molar-refractivity contribution < 1.29 is 9.53 Å². The average Bonchev–Trinajstić information content (AvgIpc) is 2.39. The lowest BCUT2D eigenvalue weighted by molar-refractivity contribution is -0.135. The Balaban J connectivity index is 2.10. The summed E-state index contributed by atoms with van der Waals surface area (Å²) in [6.45, 7) is 0. The number of esters is 1. The molecular formula is C15H12O2. The fourth-order valence-electron chi connectivity index (χ4n) is 2.29. The molecule has 2 nitrogen and oxygen atoms in total. The summed E-state index contributed by atoms with van der Waals surface area (Å²) in [6, 6.07) is 17.8. The first kappa shape index (κ1) is 10.1. The number of hydrogen-bond donors (Lipinski definition) is 0. The van der Waals surface area contributed by atoms with E-state index in [1.165, 1.54) is 0 Å². The minimum atomic E-state index is -0.155. The minimum Gasteiger partial charge on any atom is -0.426 e. The Morgan fingerprint density at radius 3 is 2.47 bits per heavy atom. The lowest BCUT2D eigenvalue weighted by atomic mass is 9.86. The van der Waals surface area contributed by atoms with E-state index in [1.54, 1.807) is 0 Å². The van der Waals surface area contributed by atoms with Crippen LogP contribution >= 0.6 is 0 Å². The molecule has 0 fully saturated rings. The van der Waals surface area contributed by atoms with Crippen LogP contribution < -0.4 is 4.74 Å². The molecule has 0 unspecified atom stereocenters. The van der Waals surface area contributed by atoms with Gasteiger partial charge in [-0.1, -0.05) is 48.5 Å². The quantitative estimate of drug-likeness (QED) is 0.549. The monoisotopic (exact) mass is 224 g/mol. The van der Waals surface area contributed by atoms with Gasteiger partial charge in [-0.25, -0.2) is 0 Å². The molecule has 0 saturated heterocycles. The predicted octanol–water partition coefficient (Wildman–Crippen LogP) is 3.13. The highest BCUT2D eigenvalue weighted by Crippen LogP contribution is 2.38. The second-order valence-electron chi connectivity index (χ2n) is 4.18. The highest BCUT2D eigenvalue weighted by molar-refractivity contribution is 5.77. The van der Waals surface area contributed by atoms with Crippen LogP contribution in [0.1, 0.15) is 23.5 Å². The van der Waals surface area contributed by atoms with Crippen molar-refractivity contribution in [1.29, 1.82) is 0 Å². The smallest absolute Gasteiger partial charge is 0.312 e. The molecular weight excluding hydrogens is 212 g/mol. The molecule has 0 spiro atoms. The molecule has 2 aromatic rings. The summed E-state index contributed by atoms with van der Waals surface area (Å²) in [7, 11) is 0. The van der Waals surface area contributed by atoms with Crippen molar-refractivity contribution in [1.82, 2.24) is 0 Å². The van der Waals surface area contributed by atoms with Crippen LogP contribution in [-0.4, -0.2) is 5.97 Å². The van der Waals surface area contributed by atoms with E-state index in [4.69, 9.17) is 4.74 Å². The zero-order chi connectivity index (χ0) is 11.7. The Labute approximate surface area is 99.9 Å². The summed E-state index contributed by atoms with van der Waals surface area (Å²) in [5.41, 5.74) is 2.26. The third-order valence-corrected chi connectivity index (χ3v) is 3.09. The van der Waals surface area contributed by atoms with Gasteiger partial charge in [0.05, 0.1) is 6.42 Å². The summed E-state index contributed by atoms with van der Waals surface area (Å²) in [6.07, 6.45) is 0.418. The molecule has 0 bridgehead atoms. The van der Waals surface area contributed by atoms with Crippen LogP contribution in [0.2, 0.25) is 0 Å². The number of para-hydroxylation sites is 1. The number of benzene rings is 2. The number of hydrogen-bond acceptors (Lipinski definition) is 2. The van der Waals surface area contributed by atoms with Crippen LogP contribution in [0.25, 0.3) is 0 Å². The molecule has 0 N–H and O–H groups in total. The third kappa shape index (κ3) is 1.82. The number of carbonyl (C=O) groups is 1. The van der Waals surface area contributed by atoms with Crippen molar-refractivity contribution in [3.63, 3.8) is 0 Å². The average molecular weight is 224 g/mol. The molecule has 1 aliphatic rings. The topological polar surface area (TPSA) is 26.3 Å². The third-order valence-electron chi connectivity index (χ3n) is 3.09. The highest BCUT2D eigenvalue weighted by atomic mass is 16.5. The molecule has 3 rings (SSSR count). The van der Waals surface area contributed by atoms with Gasteiger partial charge in [0.25, 0.3) is 0 Å². The van der Waals surface area contributed by atoms with Gasteiger partial charge in [-0.2, -0.15) is 0 Å². The van der Waals surface area contributed by atoms with Gasteiger partial charge in [0, 0.05) is 11.5 Å². The van der Waals surface area contributed by atoms with E-state index in [0.29, 0.717) is 12.2 Å². The largest absolute Gasteiger partial charge is 0.426 e. The zero-order valence-corrected chi connectivity index (χ0v) is 9.30. The summed E-state index contributed by atoms with van der Waals surface area (Å²) in [5, 5.41) is 0. The van der Waals surface area contributed by atoms with Crippen LogP contribution in [0, 0.1) is 0 Å². The van der Waals surface area contributed by atoms with E-state index in [1.807, 2.05) is 42.5 Å². The van der Waals surface area contributed by atoms with Gasteiger partial charge in [-0.05, 0) is 11.6 Å². The number of fused-ring (bicyclic) bond motifs is 1.